The van der Waals surface area contributed by atoms with Gasteiger partial charge in [-0.25, -0.2) is 14.8 Å². The molecule has 2 saturated heterocycles. The molecule has 1 amide bonds. The van der Waals surface area contributed by atoms with Gasteiger partial charge in [-0.1, -0.05) is 48.5 Å². The smallest absolute Gasteiger partial charge is 0.410 e. The Hall–Kier alpha value is -4.47. The van der Waals surface area contributed by atoms with E-state index in [9.17, 15) is 4.79 Å². The standard InChI is InChI=1S/C37H43N7O2/c1-37(2,3)46-36(45)44-15-5-6-32(44)34-39-21-31(42-34)29-14-13-27-17-26(11-12-28(27)18-29)24-7-9-25(10-8-24)30-20-40-35(41-30)33-16-23(19-38)22-43(33)4/h7-14,17-18,20-21,23,32-33H,5-6,15-16,19,22,38H2,1-4H3,(H,39,42)(H,40,41). The van der Waals surface area contributed by atoms with E-state index in [-0.39, 0.29) is 18.2 Å². The fourth-order valence-corrected chi connectivity index (χ4v) is 6.93. The van der Waals surface area contributed by atoms with Gasteiger partial charge in [0.15, 0.2) is 0 Å². The van der Waals surface area contributed by atoms with Crippen LogP contribution in [0, 0.1) is 5.92 Å². The van der Waals surface area contributed by atoms with Crippen molar-refractivity contribution in [2.75, 3.05) is 26.7 Å². The van der Waals surface area contributed by atoms with Crippen LogP contribution in [0.3, 0.4) is 0 Å². The van der Waals surface area contributed by atoms with E-state index in [4.69, 9.17) is 15.5 Å². The van der Waals surface area contributed by atoms with E-state index in [1.165, 1.54) is 16.5 Å². The van der Waals surface area contributed by atoms with E-state index in [1.807, 2.05) is 33.2 Å². The number of imidazole rings is 2. The molecule has 4 N–H and O–H groups in total. The number of nitrogens with two attached hydrogens (primary N) is 1. The first kappa shape index (κ1) is 30.2. The van der Waals surface area contributed by atoms with Gasteiger partial charge in [0, 0.05) is 18.7 Å². The molecule has 46 heavy (non-hydrogen) atoms. The Balaban J connectivity index is 1.05. The first-order valence-electron chi connectivity index (χ1n) is 16.3. The van der Waals surface area contributed by atoms with Crippen LogP contribution in [-0.4, -0.2) is 68.1 Å². The van der Waals surface area contributed by atoms with Crippen LogP contribution < -0.4 is 5.73 Å². The summed E-state index contributed by atoms with van der Waals surface area (Å²) in [4.78, 5) is 33.4. The van der Waals surface area contributed by atoms with Crippen LogP contribution in [0.4, 0.5) is 4.79 Å². The molecule has 3 aromatic carbocycles. The lowest BCUT2D eigenvalue weighted by molar-refractivity contribution is 0.0218. The van der Waals surface area contributed by atoms with E-state index in [0.29, 0.717) is 12.5 Å². The van der Waals surface area contributed by atoms with Crippen molar-refractivity contribution in [2.45, 2.75) is 57.7 Å². The maximum atomic E-state index is 12.8. The molecule has 9 heteroatoms. The lowest BCUT2D eigenvalue weighted by Gasteiger charge is -2.27. The van der Waals surface area contributed by atoms with Crippen LogP contribution in [0.2, 0.25) is 0 Å². The van der Waals surface area contributed by atoms with E-state index in [0.717, 1.165) is 71.9 Å². The number of carbonyl (C=O) groups excluding carboxylic acids is 1. The van der Waals surface area contributed by atoms with Crippen molar-refractivity contribution >= 4 is 16.9 Å². The summed E-state index contributed by atoms with van der Waals surface area (Å²) in [6.07, 6.45) is 6.36. The van der Waals surface area contributed by atoms with Gasteiger partial charge in [-0.2, -0.15) is 0 Å². The number of amides is 1. The van der Waals surface area contributed by atoms with Crippen LogP contribution in [0.5, 0.6) is 0 Å². The van der Waals surface area contributed by atoms with Crippen LogP contribution in [0.1, 0.15) is 63.8 Å². The zero-order chi connectivity index (χ0) is 32.0. The van der Waals surface area contributed by atoms with E-state index in [1.54, 1.807) is 4.90 Å². The number of hydrogen-bond donors (Lipinski definition) is 3. The topological polar surface area (TPSA) is 116 Å². The van der Waals surface area contributed by atoms with E-state index in [2.05, 4.69) is 87.6 Å². The van der Waals surface area contributed by atoms with Gasteiger partial charge in [-0.05, 0) is 99.1 Å². The third kappa shape index (κ3) is 6.04. The molecular weight excluding hydrogens is 574 g/mol. The monoisotopic (exact) mass is 617 g/mol. The van der Waals surface area contributed by atoms with Crippen molar-refractivity contribution in [1.29, 1.82) is 0 Å². The number of aromatic nitrogens is 4. The molecule has 0 radical (unpaired) electrons. The second-order valence-electron chi connectivity index (χ2n) is 13.8. The van der Waals surface area contributed by atoms with Crippen LogP contribution >= 0.6 is 0 Å². The summed E-state index contributed by atoms with van der Waals surface area (Å²) in [6.45, 7) is 8.09. The molecule has 0 aliphatic carbocycles. The Bertz CT molecular complexity index is 1850. The van der Waals surface area contributed by atoms with Crippen molar-refractivity contribution in [3.63, 3.8) is 0 Å². The van der Waals surface area contributed by atoms with Crippen molar-refractivity contribution in [3.8, 4) is 33.6 Å². The number of H-pyrrole nitrogens is 2. The second kappa shape index (κ2) is 12.0. The highest BCUT2D eigenvalue weighted by atomic mass is 16.6. The number of hydrogen-bond acceptors (Lipinski definition) is 6. The molecule has 9 nitrogen and oxygen atoms in total. The predicted octanol–water partition coefficient (Wildman–Crippen LogP) is 7.31. The first-order valence-corrected chi connectivity index (χ1v) is 16.3. The molecule has 0 bridgehead atoms. The Morgan fingerprint density at radius 1 is 0.870 bits per heavy atom. The quantitative estimate of drug-likeness (QED) is 0.184. The SMILES string of the molecule is CN1CC(CN)CC1c1ncc(-c2ccc(-c3ccc4cc(-c5cnc(C6CCCN6C(=O)OC(C)(C)C)[nH]5)ccc4c3)cc2)[nH]1. The molecule has 3 unspecified atom stereocenters. The Morgan fingerprint density at radius 3 is 2.11 bits per heavy atom. The summed E-state index contributed by atoms with van der Waals surface area (Å²) in [7, 11) is 2.15. The number of aromatic amines is 2. The molecule has 0 saturated carbocycles. The molecular formula is C37H43N7O2. The van der Waals surface area contributed by atoms with Gasteiger partial charge in [-0.3, -0.25) is 9.80 Å². The van der Waals surface area contributed by atoms with Crippen LogP contribution in [0.25, 0.3) is 44.4 Å². The number of ether oxygens (including phenoxy) is 1. The van der Waals surface area contributed by atoms with Gasteiger partial charge in [0.05, 0.1) is 35.9 Å². The number of fused-ring (bicyclic) bond motifs is 1. The van der Waals surface area contributed by atoms with Crippen molar-refractivity contribution in [3.05, 3.63) is 84.7 Å². The zero-order valence-corrected chi connectivity index (χ0v) is 27.1. The largest absolute Gasteiger partial charge is 0.444 e. The maximum absolute atomic E-state index is 12.8. The van der Waals surface area contributed by atoms with E-state index < -0.39 is 5.60 Å². The fraction of sp³-hybridized carbons (Fsp3) is 0.378. The van der Waals surface area contributed by atoms with Gasteiger partial charge in [-0.15, -0.1) is 0 Å². The summed E-state index contributed by atoms with van der Waals surface area (Å²) >= 11 is 0. The highest BCUT2D eigenvalue weighted by Crippen LogP contribution is 2.35. The minimum Gasteiger partial charge on any atom is -0.444 e. The van der Waals surface area contributed by atoms with Gasteiger partial charge in [0.25, 0.3) is 0 Å². The van der Waals surface area contributed by atoms with Crippen molar-refractivity contribution < 1.29 is 9.53 Å². The maximum Gasteiger partial charge on any atom is 0.410 e. The minimum absolute atomic E-state index is 0.105. The first-order chi connectivity index (χ1) is 22.1. The lowest BCUT2D eigenvalue weighted by atomic mass is 9.98. The van der Waals surface area contributed by atoms with Gasteiger partial charge < -0.3 is 20.4 Å². The third-order valence-corrected chi connectivity index (χ3v) is 9.35. The van der Waals surface area contributed by atoms with Gasteiger partial charge in [0.1, 0.15) is 17.2 Å². The Morgan fingerprint density at radius 2 is 1.46 bits per heavy atom. The number of nitrogens with zero attached hydrogens (tertiary/aromatic N) is 4. The van der Waals surface area contributed by atoms with Crippen LogP contribution in [-0.2, 0) is 4.74 Å². The average molecular weight is 618 g/mol. The van der Waals surface area contributed by atoms with E-state index >= 15 is 0 Å². The fourth-order valence-electron chi connectivity index (χ4n) is 6.93. The lowest BCUT2D eigenvalue weighted by Crippen LogP contribution is -2.36. The Labute approximate surface area is 270 Å². The summed E-state index contributed by atoms with van der Waals surface area (Å²) in [6, 6.07) is 21.9. The molecule has 2 fully saturated rings. The average Bonchev–Trinajstić information content (AvgIpc) is 3.86. The molecule has 0 spiro atoms. The number of rotatable bonds is 6. The number of benzene rings is 3. The molecule has 2 aromatic heterocycles. The molecule has 3 atom stereocenters. The van der Waals surface area contributed by atoms with Crippen molar-refractivity contribution in [1.82, 2.24) is 29.7 Å². The zero-order valence-electron chi connectivity index (χ0n) is 27.1. The van der Waals surface area contributed by atoms with Gasteiger partial charge in [0.2, 0.25) is 0 Å². The molecule has 5 aromatic rings. The second-order valence-corrected chi connectivity index (χ2v) is 13.8. The number of carbonyl (C=O) groups is 1. The normalized spacial score (nSPS) is 20.5. The molecule has 4 heterocycles. The summed E-state index contributed by atoms with van der Waals surface area (Å²) < 4.78 is 5.64. The molecule has 2 aliphatic rings. The predicted molar refractivity (Wildman–Crippen MR) is 182 cm³/mol. The van der Waals surface area contributed by atoms with Gasteiger partial charge >= 0.3 is 6.09 Å². The van der Waals surface area contributed by atoms with Crippen molar-refractivity contribution in [2.24, 2.45) is 11.7 Å². The summed E-state index contributed by atoms with van der Waals surface area (Å²) in [5.74, 6) is 2.34. The molecule has 2 aliphatic heterocycles. The summed E-state index contributed by atoms with van der Waals surface area (Å²) in [5.41, 5.74) is 11.9. The highest BCUT2D eigenvalue weighted by molar-refractivity contribution is 5.90. The number of nitrogens with one attached hydrogen (secondary N) is 2. The molecule has 7 rings (SSSR count). The number of likely N-dealkylation sites (tertiary alicyclic amines) is 2. The highest BCUT2D eigenvalue weighted by Gasteiger charge is 2.35. The minimum atomic E-state index is -0.528. The van der Waals surface area contributed by atoms with Crippen LogP contribution in [0.15, 0.2) is 73.1 Å². The Kier molecular flexibility index (Phi) is 7.90. The molecule has 238 valence electrons. The summed E-state index contributed by atoms with van der Waals surface area (Å²) in [5, 5.41) is 2.33. The third-order valence-electron chi connectivity index (χ3n) is 9.35.